The summed E-state index contributed by atoms with van der Waals surface area (Å²) in [5, 5.41) is 3.44. The van der Waals surface area contributed by atoms with Gasteiger partial charge in [-0.05, 0) is 37.6 Å². The number of nitrogens with zero attached hydrogens (tertiary/aromatic N) is 1. The van der Waals surface area contributed by atoms with Gasteiger partial charge in [0.05, 0.1) is 12.7 Å². The summed E-state index contributed by atoms with van der Waals surface area (Å²) >= 11 is 0. The third kappa shape index (κ3) is 4.30. The van der Waals surface area contributed by atoms with Crippen molar-refractivity contribution in [1.29, 1.82) is 0 Å². The third-order valence-electron chi connectivity index (χ3n) is 3.67. The zero-order valence-electron chi connectivity index (χ0n) is 12.2. The van der Waals surface area contributed by atoms with E-state index in [1.165, 1.54) is 17.5 Å². The van der Waals surface area contributed by atoms with Gasteiger partial charge in [-0.1, -0.05) is 31.2 Å². The summed E-state index contributed by atoms with van der Waals surface area (Å²) in [7, 11) is 2.17. The van der Waals surface area contributed by atoms with E-state index in [0.29, 0.717) is 0 Å². The predicted molar refractivity (Wildman–Crippen MR) is 79.5 cm³/mol. The fourth-order valence-corrected chi connectivity index (χ4v) is 2.57. The van der Waals surface area contributed by atoms with E-state index in [0.717, 1.165) is 39.2 Å². The summed E-state index contributed by atoms with van der Waals surface area (Å²) in [4.78, 5) is 2.36. The highest BCUT2D eigenvalue weighted by molar-refractivity contribution is 5.31. The fraction of sp³-hybridized carbons (Fsp3) is 0.625. The Hall–Kier alpha value is -0.900. The third-order valence-corrected chi connectivity index (χ3v) is 3.67. The highest BCUT2D eigenvalue weighted by Crippen LogP contribution is 2.27. The van der Waals surface area contributed by atoms with E-state index in [4.69, 9.17) is 4.74 Å². The van der Waals surface area contributed by atoms with Crippen LogP contribution in [0.5, 0.6) is 0 Å². The highest BCUT2D eigenvalue weighted by atomic mass is 16.5. The Labute approximate surface area is 116 Å². The first-order valence-corrected chi connectivity index (χ1v) is 7.40. The monoisotopic (exact) mass is 262 g/mol. The van der Waals surface area contributed by atoms with E-state index in [9.17, 15) is 0 Å². The summed E-state index contributed by atoms with van der Waals surface area (Å²) < 4.78 is 5.94. The Morgan fingerprint density at radius 2 is 2.16 bits per heavy atom. The lowest BCUT2D eigenvalue weighted by Gasteiger charge is -2.29. The second-order valence-electron chi connectivity index (χ2n) is 5.32. The number of hydrogen-bond donors (Lipinski definition) is 1. The molecule has 1 aromatic carbocycles. The molecule has 0 saturated carbocycles. The molecule has 0 radical (unpaired) electrons. The molecule has 1 heterocycles. The van der Waals surface area contributed by atoms with Crippen molar-refractivity contribution in [3.63, 3.8) is 0 Å². The van der Waals surface area contributed by atoms with Crippen molar-refractivity contribution in [2.45, 2.75) is 25.9 Å². The summed E-state index contributed by atoms with van der Waals surface area (Å²) in [6.45, 7) is 7.26. The molecule has 0 fully saturated rings. The Bertz CT molecular complexity index is 381. The van der Waals surface area contributed by atoms with Crippen molar-refractivity contribution in [1.82, 2.24) is 10.2 Å². The molecule has 3 heteroatoms. The van der Waals surface area contributed by atoms with Crippen LogP contribution < -0.4 is 5.32 Å². The van der Waals surface area contributed by atoms with Crippen LogP contribution in [0, 0.1) is 0 Å². The topological polar surface area (TPSA) is 24.5 Å². The molecule has 106 valence electrons. The van der Waals surface area contributed by atoms with E-state index in [2.05, 4.69) is 48.5 Å². The first-order valence-electron chi connectivity index (χ1n) is 7.40. The zero-order chi connectivity index (χ0) is 13.5. The Morgan fingerprint density at radius 1 is 1.32 bits per heavy atom. The minimum absolute atomic E-state index is 0.237. The fourth-order valence-electron chi connectivity index (χ4n) is 2.57. The Kier molecular flexibility index (Phi) is 5.83. The minimum Gasteiger partial charge on any atom is -0.372 e. The molecule has 1 unspecified atom stereocenters. The maximum absolute atomic E-state index is 5.94. The number of ether oxygens (including phenoxy) is 1. The lowest BCUT2D eigenvalue weighted by molar-refractivity contribution is 0.0213. The number of rotatable bonds is 7. The van der Waals surface area contributed by atoms with Crippen molar-refractivity contribution < 1.29 is 4.74 Å². The van der Waals surface area contributed by atoms with E-state index >= 15 is 0 Å². The first-order chi connectivity index (χ1) is 9.31. The smallest absolute Gasteiger partial charge is 0.0954 e. The van der Waals surface area contributed by atoms with Crippen LogP contribution in [0.25, 0.3) is 0 Å². The van der Waals surface area contributed by atoms with Crippen LogP contribution in [0.2, 0.25) is 0 Å². The van der Waals surface area contributed by atoms with E-state index < -0.39 is 0 Å². The van der Waals surface area contributed by atoms with Crippen molar-refractivity contribution in [2.75, 3.05) is 39.8 Å². The van der Waals surface area contributed by atoms with Gasteiger partial charge >= 0.3 is 0 Å². The van der Waals surface area contributed by atoms with Gasteiger partial charge in [-0.25, -0.2) is 0 Å². The molecule has 19 heavy (non-hydrogen) atoms. The van der Waals surface area contributed by atoms with Gasteiger partial charge in [0.15, 0.2) is 0 Å². The van der Waals surface area contributed by atoms with Gasteiger partial charge in [-0.2, -0.15) is 0 Å². The number of fused-ring (bicyclic) bond motifs is 1. The average Bonchev–Trinajstić information content (AvgIpc) is 2.44. The van der Waals surface area contributed by atoms with Crippen molar-refractivity contribution >= 4 is 0 Å². The van der Waals surface area contributed by atoms with E-state index in [-0.39, 0.29) is 6.10 Å². The van der Waals surface area contributed by atoms with Crippen LogP contribution >= 0.6 is 0 Å². The molecule has 0 aliphatic carbocycles. The van der Waals surface area contributed by atoms with Gasteiger partial charge in [0.25, 0.3) is 0 Å². The predicted octanol–water partition coefficient (Wildman–Crippen LogP) is 2.23. The SMILES string of the molecule is CCCNCCN(C)CC1OCCc2ccccc21. The molecule has 0 spiro atoms. The summed E-state index contributed by atoms with van der Waals surface area (Å²) in [5.41, 5.74) is 2.83. The molecular formula is C16H26N2O. The van der Waals surface area contributed by atoms with Gasteiger partial charge < -0.3 is 15.0 Å². The molecular weight excluding hydrogens is 236 g/mol. The van der Waals surface area contributed by atoms with E-state index in [1.807, 2.05) is 0 Å². The van der Waals surface area contributed by atoms with Crippen LogP contribution in [0.3, 0.4) is 0 Å². The molecule has 1 atom stereocenters. The standard InChI is InChI=1S/C16H26N2O/c1-3-9-17-10-11-18(2)13-16-15-7-5-4-6-14(15)8-12-19-16/h4-7,16-17H,3,8-13H2,1-2H3. The average molecular weight is 262 g/mol. The molecule has 0 bridgehead atoms. The molecule has 1 N–H and O–H groups in total. The molecule has 0 aromatic heterocycles. The zero-order valence-corrected chi connectivity index (χ0v) is 12.2. The molecule has 0 amide bonds. The number of nitrogens with one attached hydrogen (secondary N) is 1. The van der Waals surface area contributed by atoms with Gasteiger partial charge in [-0.15, -0.1) is 0 Å². The normalized spacial score (nSPS) is 18.6. The quantitative estimate of drug-likeness (QED) is 0.763. The molecule has 1 aliphatic rings. The maximum atomic E-state index is 5.94. The van der Waals surface area contributed by atoms with Gasteiger partial charge in [0.1, 0.15) is 0 Å². The van der Waals surface area contributed by atoms with Crippen molar-refractivity contribution in [2.24, 2.45) is 0 Å². The molecule has 2 rings (SSSR count). The summed E-state index contributed by atoms with van der Waals surface area (Å²) in [5.74, 6) is 0. The van der Waals surface area contributed by atoms with Gasteiger partial charge in [-0.3, -0.25) is 0 Å². The molecule has 1 aromatic rings. The molecule has 0 saturated heterocycles. The molecule has 3 nitrogen and oxygen atoms in total. The Balaban J connectivity index is 1.83. The molecule has 1 aliphatic heterocycles. The highest BCUT2D eigenvalue weighted by Gasteiger charge is 2.21. The number of likely N-dealkylation sites (N-methyl/N-ethyl adjacent to an activating group) is 1. The van der Waals surface area contributed by atoms with Gasteiger partial charge in [0.2, 0.25) is 0 Å². The van der Waals surface area contributed by atoms with Gasteiger partial charge in [0, 0.05) is 19.6 Å². The summed E-state index contributed by atoms with van der Waals surface area (Å²) in [6, 6.07) is 8.68. The van der Waals surface area contributed by atoms with Crippen LogP contribution in [0.15, 0.2) is 24.3 Å². The largest absolute Gasteiger partial charge is 0.372 e. The van der Waals surface area contributed by atoms with Crippen LogP contribution in [0.4, 0.5) is 0 Å². The second kappa shape index (κ2) is 7.63. The second-order valence-corrected chi connectivity index (χ2v) is 5.32. The first kappa shape index (κ1) is 14.5. The number of hydrogen-bond acceptors (Lipinski definition) is 3. The minimum atomic E-state index is 0.237. The lowest BCUT2D eigenvalue weighted by atomic mass is 9.97. The van der Waals surface area contributed by atoms with Crippen LogP contribution in [0.1, 0.15) is 30.6 Å². The van der Waals surface area contributed by atoms with Crippen LogP contribution in [-0.4, -0.2) is 44.7 Å². The lowest BCUT2D eigenvalue weighted by Crippen LogP contribution is -2.34. The van der Waals surface area contributed by atoms with E-state index in [1.54, 1.807) is 0 Å². The summed E-state index contributed by atoms with van der Waals surface area (Å²) in [6.07, 6.45) is 2.48. The Morgan fingerprint density at radius 3 is 3.00 bits per heavy atom. The maximum Gasteiger partial charge on any atom is 0.0954 e. The van der Waals surface area contributed by atoms with Crippen LogP contribution in [-0.2, 0) is 11.2 Å². The van der Waals surface area contributed by atoms with Crippen molar-refractivity contribution in [3.8, 4) is 0 Å². The number of benzene rings is 1. The van der Waals surface area contributed by atoms with Crippen molar-refractivity contribution in [3.05, 3.63) is 35.4 Å².